The molecule has 3 aromatic rings. The summed E-state index contributed by atoms with van der Waals surface area (Å²) < 4.78 is 0. The quantitative estimate of drug-likeness (QED) is 0.712. The second-order valence-corrected chi connectivity index (χ2v) is 5.98. The minimum atomic E-state index is 0.605. The summed E-state index contributed by atoms with van der Waals surface area (Å²) in [6.07, 6.45) is 0. The maximum absolute atomic E-state index is 4.56. The van der Waals surface area contributed by atoms with Gasteiger partial charge in [0, 0.05) is 24.0 Å². The molecule has 0 bridgehead atoms. The first-order valence-corrected chi connectivity index (χ1v) is 8.08. The van der Waals surface area contributed by atoms with Crippen LogP contribution in [0.15, 0.2) is 54.6 Å². The van der Waals surface area contributed by atoms with E-state index in [2.05, 4.69) is 58.7 Å². The molecule has 2 aromatic carbocycles. The normalized spacial score (nSPS) is 10.5. The van der Waals surface area contributed by atoms with Crippen LogP contribution in [0.5, 0.6) is 0 Å². The van der Waals surface area contributed by atoms with Gasteiger partial charge in [0.2, 0.25) is 5.95 Å². The summed E-state index contributed by atoms with van der Waals surface area (Å²) in [5.74, 6) is 1.42. The molecule has 0 unspecified atom stereocenters. The molecule has 1 heterocycles. The number of aromatic nitrogens is 2. The van der Waals surface area contributed by atoms with Crippen LogP contribution in [0.2, 0.25) is 0 Å². The standard InChI is InChI=1S/C20H22N4/c1-14-9-10-18(11-15(14)2)23-20-22-16(3)12-19(24-20)21-13-17-7-5-4-6-8-17/h4-12H,13H2,1-3H3,(H2,21,22,23,24). The minimum Gasteiger partial charge on any atom is -0.366 e. The molecule has 0 atom stereocenters. The minimum absolute atomic E-state index is 0.605. The van der Waals surface area contributed by atoms with Crippen LogP contribution in [-0.4, -0.2) is 9.97 Å². The lowest BCUT2D eigenvalue weighted by molar-refractivity contribution is 1.06. The van der Waals surface area contributed by atoms with Gasteiger partial charge in [0.15, 0.2) is 0 Å². The van der Waals surface area contributed by atoms with Gasteiger partial charge in [0.25, 0.3) is 0 Å². The van der Waals surface area contributed by atoms with Gasteiger partial charge in [-0.25, -0.2) is 4.98 Å². The van der Waals surface area contributed by atoms with Crippen LogP contribution in [0.1, 0.15) is 22.4 Å². The first-order chi connectivity index (χ1) is 11.6. The third-order valence-electron chi connectivity index (χ3n) is 3.93. The van der Waals surface area contributed by atoms with Crippen LogP contribution in [0.4, 0.5) is 17.5 Å². The third kappa shape index (κ3) is 4.10. The number of nitrogens with zero attached hydrogens (tertiary/aromatic N) is 2. The van der Waals surface area contributed by atoms with Crippen molar-refractivity contribution < 1.29 is 0 Å². The number of aryl methyl sites for hydroxylation is 3. The predicted molar refractivity (Wildman–Crippen MR) is 99.7 cm³/mol. The zero-order valence-electron chi connectivity index (χ0n) is 14.3. The first-order valence-electron chi connectivity index (χ1n) is 8.08. The molecule has 4 heteroatoms. The summed E-state index contributed by atoms with van der Waals surface area (Å²) >= 11 is 0. The van der Waals surface area contributed by atoms with E-state index < -0.39 is 0 Å². The molecule has 1 aromatic heterocycles. The Morgan fingerprint density at radius 3 is 2.38 bits per heavy atom. The van der Waals surface area contributed by atoms with Crippen LogP contribution >= 0.6 is 0 Å². The molecule has 0 aliphatic heterocycles. The first kappa shape index (κ1) is 16.0. The number of rotatable bonds is 5. The van der Waals surface area contributed by atoms with E-state index in [1.54, 1.807) is 0 Å². The molecule has 0 aliphatic rings. The fourth-order valence-corrected chi connectivity index (χ4v) is 2.45. The van der Waals surface area contributed by atoms with Crippen LogP contribution < -0.4 is 10.6 Å². The molecule has 0 fully saturated rings. The molecule has 2 N–H and O–H groups in total. The van der Waals surface area contributed by atoms with E-state index in [1.165, 1.54) is 16.7 Å². The summed E-state index contributed by atoms with van der Waals surface area (Å²) in [4.78, 5) is 9.04. The second-order valence-electron chi connectivity index (χ2n) is 5.98. The zero-order valence-corrected chi connectivity index (χ0v) is 14.3. The number of anilines is 3. The van der Waals surface area contributed by atoms with E-state index in [1.807, 2.05) is 37.3 Å². The van der Waals surface area contributed by atoms with Gasteiger partial charge in [-0.15, -0.1) is 0 Å². The molecule has 0 saturated heterocycles. The van der Waals surface area contributed by atoms with Crippen molar-refractivity contribution in [3.63, 3.8) is 0 Å². The summed E-state index contributed by atoms with van der Waals surface area (Å²) in [6.45, 7) is 6.92. The largest absolute Gasteiger partial charge is 0.366 e. The van der Waals surface area contributed by atoms with Crippen LogP contribution in [-0.2, 0) is 6.54 Å². The highest BCUT2D eigenvalue weighted by molar-refractivity contribution is 5.57. The van der Waals surface area contributed by atoms with Gasteiger partial charge in [-0.3, -0.25) is 0 Å². The lowest BCUT2D eigenvalue weighted by Crippen LogP contribution is -2.05. The van der Waals surface area contributed by atoms with Gasteiger partial charge >= 0.3 is 0 Å². The fraction of sp³-hybridized carbons (Fsp3) is 0.200. The van der Waals surface area contributed by atoms with Crippen molar-refractivity contribution in [3.8, 4) is 0 Å². The Balaban J connectivity index is 1.74. The van der Waals surface area contributed by atoms with Crippen molar-refractivity contribution in [1.29, 1.82) is 0 Å². The summed E-state index contributed by atoms with van der Waals surface area (Å²) in [6, 6.07) is 18.5. The molecule has 0 saturated carbocycles. The van der Waals surface area contributed by atoms with Crippen molar-refractivity contribution in [2.75, 3.05) is 10.6 Å². The Bertz CT molecular complexity index is 828. The van der Waals surface area contributed by atoms with Crippen molar-refractivity contribution >= 4 is 17.5 Å². The van der Waals surface area contributed by atoms with Gasteiger partial charge < -0.3 is 10.6 Å². The van der Waals surface area contributed by atoms with E-state index in [-0.39, 0.29) is 0 Å². The maximum atomic E-state index is 4.56. The third-order valence-corrected chi connectivity index (χ3v) is 3.93. The lowest BCUT2D eigenvalue weighted by Gasteiger charge is -2.11. The molecular formula is C20H22N4. The van der Waals surface area contributed by atoms with Crippen LogP contribution in [0.25, 0.3) is 0 Å². The van der Waals surface area contributed by atoms with E-state index in [0.717, 1.165) is 23.7 Å². The second kappa shape index (κ2) is 7.13. The monoisotopic (exact) mass is 318 g/mol. The van der Waals surface area contributed by atoms with Crippen LogP contribution in [0, 0.1) is 20.8 Å². The van der Waals surface area contributed by atoms with E-state index in [9.17, 15) is 0 Å². The lowest BCUT2D eigenvalue weighted by atomic mass is 10.1. The van der Waals surface area contributed by atoms with Crippen LogP contribution in [0.3, 0.4) is 0 Å². The summed E-state index contributed by atoms with van der Waals surface area (Å²) in [5.41, 5.74) is 5.66. The van der Waals surface area contributed by atoms with Crippen molar-refractivity contribution in [2.45, 2.75) is 27.3 Å². The molecule has 0 spiro atoms. The van der Waals surface area contributed by atoms with Crippen molar-refractivity contribution in [3.05, 3.63) is 77.0 Å². The Labute approximate surface area is 143 Å². The number of benzene rings is 2. The molecule has 24 heavy (non-hydrogen) atoms. The van der Waals surface area contributed by atoms with Gasteiger partial charge in [-0.2, -0.15) is 4.98 Å². The fourth-order valence-electron chi connectivity index (χ4n) is 2.45. The Hall–Kier alpha value is -2.88. The molecule has 0 aliphatic carbocycles. The predicted octanol–water partition coefficient (Wildman–Crippen LogP) is 4.76. The number of nitrogens with one attached hydrogen (secondary N) is 2. The van der Waals surface area contributed by atoms with Gasteiger partial charge in [-0.05, 0) is 49.6 Å². The topological polar surface area (TPSA) is 49.8 Å². The van der Waals surface area contributed by atoms with Gasteiger partial charge in [0.1, 0.15) is 5.82 Å². The molecule has 122 valence electrons. The van der Waals surface area contributed by atoms with E-state index in [0.29, 0.717) is 5.95 Å². The summed E-state index contributed by atoms with van der Waals surface area (Å²) in [7, 11) is 0. The smallest absolute Gasteiger partial charge is 0.229 e. The molecule has 0 amide bonds. The average molecular weight is 318 g/mol. The SMILES string of the molecule is Cc1cc(NCc2ccccc2)nc(Nc2ccc(C)c(C)c2)n1. The van der Waals surface area contributed by atoms with Gasteiger partial charge in [0.05, 0.1) is 0 Å². The van der Waals surface area contributed by atoms with Gasteiger partial charge in [-0.1, -0.05) is 36.4 Å². The Kier molecular flexibility index (Phi) is 4.75. The number of hydrogen-bond donors (Lipinski definition) is 2. The Morgan fingerprint density at radius 2 is 1.62 bits per heavy atom. The Morgan fingerprint density at radius 1 is 0.833 bits per heavy atom. The van der Waals surface area contributed by atoms with E-state index in [4.69, 9.17) is 0 Å². The maximum Gasteiger partial charge on any atom is 0.229 e. The van der Waals surface area contributed by atoms with Crippen molar-refractivity contribution in [2.24, 2.45) is 0 Å². The molecule has 0 radical (unpaired) electrons. The van der Waals surface area contributed by atoms with E-state index >= 15 is 0 Å². The summed E-state index contributed by atoms with van der Waals surface area (Å²) in [5, 5.41) is 6.65. The van der Waals surface area contributed by atoms with Crippen molar-refractivity contribution in [1.82, 2.24) is 9.97 Å². The highest BCUT2D eigenvalue weighted by Crippen LogP contribution is 2.19. The molecule has 3 rings (SSSR count). The highest BCUT2D eigenvalue weighted by Gasteiger charge is 2.04. The molecular weight excluding hydrogens is 296 g/mol. The average Bonchev–Trinajstić information content (AvgIpc) is 2.57. The highest BCUT2D eigenvalue weighted by atomic mass is 15.1. The number of hydrogen-bond acceptors (Lipinski definition) is 4. The molecule has 4 nitrogen and oxygen atoms in total. The zero-order chi connectivity index (χ0) is 16.9.